The molecular weight excluding hydrogens is 208 g/mol. The van der Waals surface area contributed by atoms with E-state index in [1.54, 1.807) is 0 Å². The zero-order valence-electron chi connectivity index (χ0n) is 8.55. The molecule has 0 N–H and O–H groups in total. The summed E-state index contributed by atoms with van der Waals surface area (Å²) in [6.45, 7) is 0.961. The Bertz CT molecular complexity index is 470. The second kappa shape index (κ2) is 3.52. The predicted molar refractivity (Wildman–Crippen MR) is 56.3 cm³/mol. The molecule has 2 heterocycles. The Kier molecular flexibility index (Phi) is 2.02. The smallest absolute Gasteiger partial charge is 0.415 e. The lowest BCUT2D eigenvalue weighted by Crippen LogP contribution is -2.35. The molecule has 1 fully saturated rings. The van der Waals surface area contributed by atoms with Gasteiger partial charge in [0.25, 0.3) is 0 Å². The standard InChI is InChI=1S/C11H10N2O3/c14-11-13(5-6-15-11)10-7-8-3-1-2-4-9(8)16-12-10/h1-4H,5-7H2. The van der Waals surface area contributed by atoms with Crippen LogP contribution in [0.4, 0.5) is 4.79 Å². The van der Waals surface area contributed by atoms with Crippen LogP contribution < -0.4 is 4.84 Å². The maximum atomic E-state index is 11.4. The van der Waals surface area contributed by atoms with Crippen LogP contribution in [-0.4, -0.2) is 30.0 Å². The number of carbonyl (C=O) groups is 1. The molecule has 1 aromatic carbocycles. The van der Waals surface area contributed by atoms with Crippen molar-refractivity contribution in [3.8, 4) is 5.75 Å². The summed E-state index contributed by atoms with van der Waals surface area (Å²) >= 11 is 0. The molecule has 0 unspecified atom stereocenters. The lowest BCUT2D eigenvalue weighted by Gasteiger charge is -2.19. The fourth-order valence-corrected chi connectivity index (χ4v) is 1.82. The highest BCUT2D eigenvalue weighted by Crippen LogP contribution is 2.24. The molecule has 3 rings (SSSR count). The normalized spacial score (nSPS) is 18.6. The molecular formula is C11H10N2O3. The van der Waals surface area contributed by atoms with Crippen molar-refractivity contribution in [2.45, 2.75) is 6.42 Å². The van der Waals surface area contributed by atoms with E-state index in [0.29, 0.717) is 25.4 Å². The number of oxime groups is 1. The largest absolute Gasteiger partial charge is 0.447 e. The van der Waals surface area contributed by atoms with Crippen molar-refractivity contribution >= 4 is 11.9 Å². The zero-order valence-corrected chi connectivity index (χ0v) is 8.55. The Morgan fingerprint density at radius 1 is 1.31 bits per heavy atom. The molecule has 0 aliphatic carbocycles. The van der Waals surface area contributed by atoms with Crippen LogP contribution in [0, 0.1) is 0 Å². The van der Waals surface area contributed by atoms with Crippen LogP contribution in [0.3, 0.4) is 0 Å². The number of rotatable bonds is 0. The highest BCUT2D eigenvalue weighted by Gasteiger charge is 2.29. The van der Waals surface area contributed by atoms with E-state index in [1.165, 1.54) is 4.90 Å². The second-order valence-electron chi connectivity index (χ2n) is 3.65. The third-order valence-electron chi connectivity index (χ3n) is 2.64. The predicted octanol–water partition coefficient (Wildman–Crippen LogP) is 1.39. The second-order valence-corrected chi connectivity index (χ2v) is 3.65. The molecule has 0 aromatic heterocycles. The summed E-state index contributed by atoms with van der Waals surface area (Å²) in [5.74, 6) is 1.36. The summed E-state index contributed by atoms with van der Waals surface area (Å²) < 4.78 is 4.86. The Morgan fingerprint density at radius 3 is 3.00 bits per heavy atom. The van der Waals surface area contributed by atoms with Crippen LogP contribution >= 0.6 is 0 Å². The Labute approximate surface area is 92.2 Å². The van der Waals surface area contributed by atoms with E-state index >= 15 is 0 Å². The van der Waals surface area contributed by atoms with Gasteiger partial charge >= 0.3 is 6.09 Å². The summed E-state index contributed by atoms with van der Waals surface area (Å²) in [5.41, 5.74) is 1.03. The first kappa shape index (κ1) is 9.21. The minimum absolute atomic E-state index is 0.346. The van der Waals surface area contributed by atoms with Crippen LogP contribution in [0.2, 0.25) is 0 Å². The molecule has 16 heavy (non-hydrogen) atoms. The van der Waals surface area contributed by atoms with Crippen LogP contribution in [0.25, 0.3) is 0 Å². The van der Waals surface area contributed by atoms with E-state index < -0.39 is 0 Å². The summed E-state index contributed by atoms with van der Waals surface area (Å²) in [5, 5.41) is 3.94. The van der Waals surface area contributed by atoms with Gasteiger partial charge in [-0.25, -0.2) is 4.79 Å². The van der Waals surface area contributed by atoms with Gasteiger partial charge in [-0.15, -0.1) is 0 Å². The minimum Gasteiger partial charge on any atom is -0.447 e. The summed E-state index contributed by atoms with van der Waals surface area (Å²) in [6, 6.07) is 7.65. The number of nitrogens with zero attached hydrogens (tertiary/aromatic N) is 2. The van der Waals surface area contributed by atoms with E-state index in [9.17, 15) is 4.79 Å². The molecule has 0 bridgehead atoms. The quantitative estimate of drug-likeness (QED) is 0.661. The van der Waals surface area contributed by atoms with Crippen molar-refractivity contribution in [1.82, 2.24) is 4.90 Å². The number of amidine groups is 1. The summed E-state index contributed by atoms with van der Waals surface area (Å²) in [6.07, 6.45) is 0.257. The van der Waals surface area contributed by atoms with Crippen molar-refractivity contribution in [1.29, 1.82) is 0 Å². The maximum absolute atomic E-state index is 11.4. The van der Waals surface area contributed by atoms with Gasteiger partial charge in [-0.1, -0.05) is 23.4 Å². The first-order valence-corrected chi connectivity index (χ1v) is 5.11. The van der Waals surface area contributed by atoms with Crippen molar-refractivity contribution < 1.29 is 14.4 Å². The molecule has 0 atom stereocenters. The molecule has 0 saturated carbocycles. The number of ether oxygens (including phenoxy) is 1. The average molecular weight is 218 g/mol. The lowest BCUT2D eigenvalue weighted by atomic mass is 10.1. The molecule has 1 aromatic rings. The van der Waals surface area contributed by atoms with E-state index in [-0.39, 0.29) is 6.09 Å². The molecule has 2 aliphatic heterocycles. The Hall–Kier alpha value is -2.04. The van der Waals surface area contributed by atoms with Gasteiger partial charge in [0.05, 0.1) is 6.54 Å². The topological polar surface area (TPSA) is 51.1 Å². The van der Waals surface area contributed by atoms with Crippen molar-refractivity contribution in [3.05, 3.63) is 29.8 Å². The lowest BCUT2D eigenvalue weighted by molar-refractivity contribution is 0.167. The third kappa shape index (κ3) is 1.41. The number of carbonyl (C=O) groups excluding carboxylic acids is 1. The minimum atomic E-state index is -0.346. The summed E-state index contributed by atoms with van der Waals surface area (Å²) in [7, 11) is 0. The van der Waals surface area contributed by atoms with Crippen LogP contribution in [0.1, 0.15) is 5.56 Å². The van der Waals surface area contributed by atoms with E-state index in [2.05, 4.69) is 5.16 Å². The SMILES string of the molecule is O=C1OCCN1C1=NOc2ccccc2C1. The first-order chi connectivity index (χ1) is 7.84. The van der Waals surface area contributed by atoms with Gasteiger partial charge in [-0.3, -0.25) is 4.90 Å². The summed E-state index contributed by atoms with van der Waals surface area (Å²) in [4.78, 5) is 18.1. The number of hydrogen-bond acceptors (Lipinski definition) is 4. The van der Waals surface area contributed by atoms with E-state index in [4.69, 9.17) is 9.57 Å². The fourth-order valence-electron chi connectivity index (χ4n) is 1.82. The van der Waals surface area contributed by atoms with Gasteiger partial charge in [0.1, 0.15) is 6.61 Å². The van der Waals surface area contributed by atoms with Gasteiger partial charge in [0, 0.05) is 12.0 Å². The molecule has 2 aliphatic rings. The van der Waals surface area contributed by atoms with E-state index in [0.717, 1.165) is 11.3 Å². The third-order valence-corrected chi connectivity index (χ3v) is 2.64. The molecule has 1 saturated heterocycles. The Morgan fingerprint density at radius 2 is 2.19 bits per heavy atom. The fraction of sp³-hybridized carbons (Fsp3) is 0.273. The van der Waals surface area contributed by atoms with Crippen LogP contribution in [-0.2, 0) is 11.2 Å². The number of amides is 1. The van der Waals surface area contributed by atoms with Crippen molar-refractivity contribution in [2.24, 2.45) is 5.16 Å². The van der Waals surface area contributed by atoms with E-state index in [1.807, 2.05) is 24.3 Å². The number of para-hydroxylation sites is 1. The highest BCUT2D eigenvalue weighted by atomic mass is 16.6. The zero-order chi connectivity index (χ0) is 11.0. The maximum Gasteiger partial charge on any atom is 0.415 e. The number of benzene rings is 1. The molecule has 0 spiro atoms. The molecule has 5 heteroatoms. The van der Waals surface area contributed by atoms with Gasteiger partial charge in [0.15, 0.2) is 11.6 Å². The number of cyclic esters (lactones) is 1. The molecule has 1 amide bonds. The number of hydrogen-bond donors (Lipinski definition) is 0. The first-order valence-electron chi connectivity index (χ1n) is 5.11. The highest BCUT2D eigenvalue weighted by molar-refractivity contribution is 5.97. The number of fused-ring (bicyclic) bond motifs is 1. The van der Waals surface area contributed by atoms with Gasteiger partial charge in [-0.05, 0) is 6.07 Å². The van der Waals surface area contributed by atoms with Gasteiger partial charge < -0.3 is 9.57 Å². The molecule has 5 nitrogen and oxygen atoms in total. The van der Waals surface area contributed by atoms with Crippen LogP contribution in [0.5, 0.6) is 5.75 Å². The van der Waals surface area contributed by atoms with Gasteiger partial charge in [0.2, 0.25) is 0 Å². The average Bonchev–Trinajstić information content (AvgIpc) is 2.75. The molecule has 82 valence electrons. The van der Waals surface area contributed by atoms with Crippen molar-refractivity contribution in [2.75, 3.05) is 13.2 Å². The Balaban J connectivity index is 1.86. The van der Waals surface area contributed by atoms with Gasteiger partial charge in [-0.2, -0.15) is 0 Å². The van der Waals surface area contributed by atoms with Crippen molar-refractivity contribution in [3.63, 3.8) is 0 Å². The molecule has 0 radical (unpaired) electrons. The monoisotopic (exact) mass is 218 g/mol. The van der Waals surface area contributed by atoms with Crippen LogP contribution in [0.15, 0.2) is 29.4 Å².